The molecule has 0 atom stereocenters. The fraction of sp³-hybridized carbons (Fsp3) is 0.654. The second-order valence-corrected chi connectivity index (χ2v) is 10.9. The largest absolute Gasteiger partial charge is 0.382 e. The SMILES string of the molecule is Cc1nc(N)c2ncn(C3CN(C(=O)c4cc(CN5CCN(C6CCCCCC6)CC5)n(C)n4)C3)c2n1. The number of aromatic nitrogens is 6. The van der Waals surface area contributed by atoms with E-state index in [9.17, 15) is 4.79 Å². The number of nitrogens with two attached hydrogens (primary N) is 1. The Morgan fingerprint density at radius 1 is 1.03 bits per heavy atom. The molecule has 0 bridgehead atoms. The van der Waals surface area contributed by atoms with Crippen molar-refractivity contribution in [1.82, 2.24) is 44.0 Å². The van der Waals surface area contributed by atoms with Crippen LogP contribution < -0.4 is 5.73 Å². The molecule has 6 rings (SSSR count). The van der Waals surface area contributed by atoms with E-state index in [1.165, 1.54) is 38.5 Å². The van der Waals surface area contributed by atoms with E-state index in [0.717, 1.165) is 50.1 Å². The summed E-state index contributed by atoms with van der Waals surface area (Å²) in [6, 6.07) is 2.87. The Balaban J connectivity index is 1.04. The maximum absolute atomic E-state index is 13.2. The summed E-state index contributed by atoms with van der Waals surface area (Å²) in [4.78, 5) is 33.3. The van der Waals surface area contributed by atoms with E-state index in [2.05, 4.69) is 29.9 Å². The van der Waals surface area contributed by atoms with Crippen LogP contribution in [0.5, 0.6) is 0 Å². The molecule has 2 aliphatic heterocycles. The van der Waals surface area contributed by atoms with Gasteiger partial charge in [-0.15, -0.1) is 0 Å². The van der Waals surface area contributed by atoms with Gasteiger partial charge in [-0.25, -0.2) is 15.0 Å². The number of hydrogen-bond acceptors (Lipinski definition) is 8. The average molecular weight is 507 g/mol. The lowest BCUT2D eigenvalue weighted by atomic mass is 10.1. The molecular formula is C26H38N10O. The van der Waals surface area contributed by atoms with Gasteiger partial charge in [0, 0.05) is 58.9 Å². The molecule has 3 fully saturated rings. The smallest absolute Gasteiger partial charge is 0.274 e. The van der Waals surface area contributed by atoms with Crippen molar-refractivity contribution in [3.8, 4) is 0 Å². The molecule has 0 radical (unpaired) electrons. The Morgan fingerprint density at radius 3 is 2.49 bits per heavy atom. The first kappa shape index (κ1) is 24.3. The van der Waals surface area contributed by atoms with E-state index < -0.39 is 0 Å². The van der Waals surface area contributed by atoms with Crippen LogP contribution in [0.15, 0.2) is 12.4 Å². The van der Waals surface area contributed by atoms with E-state index in [-0.39, 0.29) is 11.9 Å². The van der Waals surface area contributed by atoms with Crippen molar-refractivity contribution in [2.75, 3.05) is 45.0 Å². The van der Waals surface area contributed by atoms with Crippen molar-refractivity contribution in [1.29, 1.82) is 0 Å². The highest BCUT2D eigenvalue weighted by Gasteiger charge is 2.35. The number of nitrogens with zero attached hydrogens (tertiary/aromatic N) is 9. The van der Waals surface area contributed by atoms with E-state index in [0.29, 0.717) is 35.9 Å². The van der Waals surface area contributed by atoms with Gasteiger partial charge in [0.25, 0.3) is 5.91 Å². The van der Waals surface area contributed by atoms with E-state index >= 15 is 0 Å². The molecule has 198 valence electrons. The third-order valence-electron chi connectivity index (χ3n) is 8.43. The number of nitrogen functional groups attached to an aromatic ring is 1. The molecule has 1 aliphatic carbocycles. The lowest BCUT2D eigenvalue weighted by molar-refractivity contribution is 0.0518. The normalized spacial score (nSPS) is 20.9. The molecule has 3 aromatic rings. The number of carbonyl (C=O) groups is 1. The van der Waals surface area contributed by atoms with Gasteiger partial charge in [0.05, 0.1) is 18.1 Å². The van der Waals surface area contributed by atoms with Gasteiger partial charge >= 0.3 is 0 Å². The van der Waals surface area contributed by atoms with Crippen LogP contribution in [0.3, 0.4) is 0 Å². The first-order valence-corrected chi connectivity index (χ1v) is 13.7. The molecule has 37 heavy (non-hydrogen) atoms. The Bertz CT molecular complexity index is 1260. The van der Waals surface area contributed by atoms with Gasteiger partial charge in [0.2, 0.25) is 0 Å². The highest BCUT2D eigenvalue weighted by atomic mass is 16.2. The zero-order chi connectivity index (χ0) is 25.5. The third-order valence-corrected chi connectivity index (χ3v) is 8.43. The minimum atomic E-state index is -0.0222. The first-order chi connectivity index (χ1) is 18.0. The summed E-state index contributed by atoms with van der Waals surface area (Å²) in [5.74, 6) is 0.984. The predicted molar refractivity (Wildman–Crippen MR) is 141 cm³/mol. The van der Waals surface area contributed by atoms with Crippen molar-refractivity contribution in [2.45, 2.75) is 64.1 Å². The molecule has 2 saturated heterocycles. The van der Waals surface area contributed by atoms with E-state index in [1.807, 2.05) is 34.2 Å². The molecule has 11 nitrogen and oxygen atoms in total. The number of imidazole rings is 1. The van der Waals surface area contributed by atoms with Gasteiger partial charge in [0.1, 0.15) is 11.3 Å². The maximum atomic E-state index is 13.2. The van der Waals surface area contributed by atoms with E-state index in [1.54, 1.807) is 6.33 Å². The van der Waals surface area contributed by atoms with Crippen LogP contribution in [-0.2, 0) is 13.6 Å². The minimum Gasteiger partial charge on any atom is -0.382 e. The fourth-order valence-corrected chi connectivity index (χ4v) is 6.17. The van der Waals surface area contributed by atoms with Gasteiger partial charge < -0.3 is 15.2 Å². The average Bonchev–Trinajstić information content (AvgIpc) is 3.31. The summed E-state index contributed by atoms with van der Waals surface area (Å²) >= 11 is 0. The molecule has 5 heterocycles. The summed E-state index contributed by atoms with van der Waals surface area (Å²) in [7, 11) is 1.94. The van der Waals surface area contributed by atoms with Crippen LogP contribution in [0.25, 0.3) is 11.2 Å². The maximum Gasteiger partial charge on any atom is 0.274 e. The van der Waals surface area contributed by atoms with Gasteiger partial charge in [0.15, 0.2) is 17.2 Å². The number of likely N-dealkylation sites (tertiary alicyclic amines) is 1. The number of aryl methyl sites for hydroxylation is 2. The lowest BCUT2D eigenvalue weighted by Gasteiger charge is -2.39. The summed E-state index contributed by atoms with van der Waals surface area (Å²) in [5.41, 5.74) is 8.95. The fourth-order valence-electron chi connectivity index (χ4n) is 6.17. The molecule has 1 amide bonds. The molecule has 3 aromatic heterocycles. The Morgan fingerprint density at radius 2 is 1.76 bits per heavy atom. The van der Waals surface area contributed by atoms with Crippen LogP contribution in [0.1, 0.15) is 66.6 Å². The number of rotatable bonds is 5. The zero-order valence-corrected chi connectivity index (χ0v) is 22.0. The summed E-state index contributed by atoms with van der Waals surface area (Å²) in [5, 5.41) is 4.57. The lowest BCUT2D eigenvalue weighted by Crippen LogP contribution is -2.50. The van der Waals surface area contributed by atoms with Crippen LogP contribution in [0.2, 0.25) is 0 Å². The highest BCUT2D eigenvalue weighted by Crippen LogP contribution is 2.28. The van der Waals surface area contributed by atoms with Crippen LogP contribution in [0.4, 0.5) is 5.82 Å². The number of amides is 1. The van der Waals surface area contributed by atoms with Crippen molar-refractivity contribution in [2.24, 2.45) is 7.05 Å². The second kappa shape index (κ2) is 10.0. The van der Waals surface area contributed by atoms with Gasteiger partial charge in [-0.3, -0.25) is 19.3 Å². The second-order valence-electron chi connectivity index (χ2n) is 10.9. The molecule has 3 aliphatic rings. The Hall–Kier alpha value is -3.05. The number of hydrogen-bond donors (Lipinski definition) is 1. The molecule has 1 saturated carbocycles. The third kappa shape index (κ3) is 4.82. The first-order valence-electron chi connectivity index (χ1n) is 13.7. The van der Waals surface area contributed by atoms with Crippen molar-refractivity contribution < 1.29 is 4.79 Å². The number of carbonyl (C=O) groups excluding carboxylic acids is 1. The highest BCUT2D eigenvalue weighted by molar-refractivity contribution is 5.93. The standard InChI is InChI=1S/C26H38N10O/c1-18-29-24(27)23-25(30-18)36(17-28-23)21-15-35(16-21)26(37)22-13-20(32(2)31-22)14-33-9-11-34(12-10-33)19-7-5-3-4-6-8-19/h13,17,19,21H,3-12,14-16H2,1-2H3,(H2,27,29,30). The van der Waals surface area contributed by atoms with Crippen LogP contribution in [0, 0.1) is 6.92 Å². The Labute approximate surface area is 217 Å². The molecule has 11 heteroatoms. The minimum absolute atomic E-state index is 0.0222. The number of anilines is 1. The molecule has 0 aromatic carbocycles. The predicted octanol–water partition coefficient (Wildman–Crippen LogP) is 1.99. The monoisotopic (exact) mass is 506 g/mol. The molecule has 0 spiro atoms. The van der Waals surface area contributed by atoms with E-state index in [4.69, 9.17) is 5.73 Å². The van der Waals surface area contributed by atoms with Crippen molar-refractivity contribution in [3.63, 3.8) is 0 Å². The summed E-state index contributed by atoms with van der Waals surface area (Å²) in [6.07, 6.45) is 10.1. The van der Waals surface area contributed by atoms with Gasteiger partial charge in [-0.05, 0) is 25.8 Å². The van der Waals surface area contributed by atoms with Crippen molar-refractivity contribution in [3.05, 3.63) is 29.6 Å². The van der Waals surface area contributed by atoms with Crippen molar-refractivity contribution >= 4 is 22.9 Å². The zero-order valence-electron chi connectivity index (χ0n) is 22.0. The summed E-state index contributed by atoms with van der Waals surface area (Å²) < 4.78 is 3.87. The van der Waals surface area contributed by atoms with Gasteiger partial charge in [-0.1, -0.05) is 25.7 Å². The van der Waals surface area contributed by atoms with Gasteiger partial charge in [-0.2, -0.15) is 5.10 Å². The molecule has 0 unspecified atom stereocenters. The topological polar surface area (TPSA) is 114 Å². The molecular weight excluding hydrogens is 468 g/mol. The quantitative estimate of drug-likeness (QED) is 0.523. The molecule has 2 N–H and O–H groups in total. The Kier molecular flexibility index (Phi) is 6.58. The summed E-state index contributed by atoms with van der Waals surface area (Å²) in [6.45, 7) is 8.28. The van der Waals surface area contributed by atoms with Crippen LogP contribution >= 0.6 is 0 Å². The van der Waals surface area contributed by atoms with Crippen LogP contribution in [-0.4, -0.2) is 95.2 Å². The number of fused-ring (bicyclic) bond motifs is 1. The number of piperazine rings is 1.